The molecule has 1 fully saturated rings. The zero-order valence-electron chi connectivity index (χ0n) is 10.5. The maximum absolute atomic E-state index is 5.78. The summed E-state index contributed by atoms with van der Waals surface area (Å²) in [5, 5.41) is 3.29. The van der Waals surface area contributed by atoms with Gasteiger partial charge in [0, 0.05) is 6.54 Å². The lowest BCUT2D eigenvalue weighted by Crippen LogP contribution is -2.17. The highest BCUT2D eigenvalue weighted by molar-refractivity contribution is 5.63. The SMILES string of the molecule is CC1NCC(c2ccc(-c3ccccc3)cc2)O1. The fourth-order valence-corrected chi connectivity index (χ4v) is 2.33. The van der Waals surface area contributed by atoms with Gasteiger partial charge in [-0.15, -0.1) is 0 Å². The smallest absolute Gasteiger partial charge is 0.106 e. The number of rotatable bonds is 2. The molecule has 1 aliphatic heterocycles. The van der Waals surface area contributed by atoms with Crippen LogP contribution in [0.15, 0.2) is 54.6 Å². The van der Waals surface area contributed by atoms with Crippen LogP contribution in [0.2, 0.25) is 0 Å². The minimum Gasteiger partial charge on any atom is -0.354 e. The van der Waals surface area contributed by atoms with Crippen molar-refractivity contribution in [3.05, 3.63) is 60.2 Å². The number of nitrogens with one attached hydrogen (secondary N) is 1. The molecule has 2 aromatic rings. The first-order valence-corrected chi connectivity index (χ1v) is 6.37. The molecule has 2 unspecified atom stereocenters. The fraction of sp³-hybridized carbons (Fsp3) is 0.250. The van der Waals surface area contributed by atoms with Gasteiger partial charge in [-0.25, -0.2) is 0 Å². The van der Waals surface area contributed by atoms with Crippen molar-refractivity contribution in [2.24, 2.45) is 0 Å². The lowest BCUT2D eigenvalue weighted by molar-refractivity contribution is 0.0529. The molecule has 18 heavy (non-hydrogen) atoms. The van der Waals surface area contributed by atoms with Gasteiger partial charge in [0.2, 0.25) is 0 Å². The van der Waals surface area contributed by atoms with Crippen LogP contribution in [0.3, 0.4) is 0 Å². The molecule has 2 nitrogen and oxygen atoms in total. The van der Waals surface area contributed by atoms with Crippen molar-refractivity contribution >= 4 is 0 Å². The highest BCUT2D eigenvalue weighted by atomic mass is 16.5. The van der Waals surface area contributed by atoms with Gasteiger partial charge in [-0.3, -0.25) is 5.32 Å². The van der Waals surface area contributed by atoms with Crippen molar-refractivity contribution in [2.75, 3.05) is 6.54 Å². The molecule has 0 amide bonds. The van der Waals surface area contributed by atoms with E-state index < -0.39 is 0 Å². The molecule has 0 saturated carbocycles. The van der Waals surface area contributed by atoms with Gasteiger partial charge in [0.25, 0.3) is 0 Å². The Morgan fingerprint density at radius 2 is 1.61 bits per heavy atom. The molecule has 0 spiro atoms. The van der Waals surface area contributed by atoms with E-state index in [9.17, 15) is 0 Å². The highest BCUT2D eigenvalue weighted by Gasteiger charge is 2.22. The van der Waals surface area contributed by atoms with Gasteiger partial charge in [-0.2, -0.15) is 0 Å². The molecule has 0 aliphatic carbocycles. The number of hydrogen-bond donors (Lipinski definition) is 1. The first-order chi connectivity index (χ1) is 8.83. The monoisotopic (exact) mass is 239 g/mol. The van der Waals surface area contributed by atoms with Gasteiger partial charge in [-0.05, 0) is 23.6 Å². The molecule has 1 aliphatic rings. The summed E-state index contributed by atoms with van der Waals surface area (Å²) < 4.78 is 5.78. The molecular formula is C16H17NO. The van der Waals surface area contributed by atoms with Crippen molar-refractivity contribution in [3.63, 3.8) is 0 Å². The molecule has 0 bridgehead atoms. The molecule has 0 aromatic heterocycles. The first-order valence-electron chi connectivity index (χ1n) is 6.37. The Labute approximate surface area is 108 Å². The lowest BCUT2D eigenvalue weighted by Gasteiger charge is -2.11. The van der Waals surface area contributed by atoms with E-state index in [1.54, 1.807) is 0 Å². The summed E-state index contributed by atoms with van der Waals surface area (Å²) in [7, 11) is 0. The zero-order chi connectivity index (χ0) is 12.4. The Kier molecular flexibility index (Phi) is 3.13. The summed E-state index contributed by atoms with van der Waals surface area (Å²) in [4.78, 5) is 0. The van der Waals surface area contributed by atoms with Gasteiger partial charge >= 0.3 is 0 Å². The van der Waals surface area contributed by atoms with E-state index in [0.29, 0.717) is 0 Å². The summed E-state index contributed by atoms with van der Waals surface area (Å²) in [5.74, 6) is 0. The second-order valence-corrected chi connectivity index (χ2v) is 4.66. The third kappa shape index (κ3) is 2.30. The third-order valence-corrected chi connectivity index (χ3v) is 3.35. The lowest BCUT2D eigenvalue weighted by atomic mass is 10.0. The van der Waals surface area contributed by atoms with E-state index in [-0.39, 0.29) is 12.3 Å². The van der Waals surface area contributed by atoms with E-state index in [2.05, 4.69) is 53.8 Å². The van der Waals surface area contributed by atoms with E-state index >= 15 is 0 Å². The Hall–Kier alpha value is -1.64. The molecule has 1 heterocycles. The van der Waals surface area contributed by atoms with Gasteiger partial charge in [-0.1, -0.05) is 54.6 Å². The normalized spacial score (nSPS) is 23.2. The van der Waals surface area contributed by atoms with Crippen LogP contribution in [-0.4, -0.2) is 12.8 Å². The van der Waals surface area contributed by atoms with Gasteiger partial charge < -0.3 is 4.74 Å². The van der Waals surface area contributed by atoms with Crippen LogP contribution < -0.4 is 5.32 Å². The number of ether oxygens (including phenoxy) is 1. The summed E-state index contributed by atoms with van der Waals surface area (Å²) in [6.45, 7) is 2.93. The molecule has 92 valence electrons. The molecule has 0 radical (unpaired) electrons. The van der Waals surface area contributed by atoms with Crippen molar-refractivity contribution in [1.82, 2.24) is 5.32 Å². The predicted molar refractivity (Wildman–Crippen MR) is 73.2 cm³/mol. The molecule has 1 N–H and O–H groups in total. The Bertz CT molecular complexity index is 506. The van der Waals surface area contributed by atoms with Crippen molar-refractivity contribution < 1.29 is 4.74 Å². The molecule has 2 heteroatoms. The fourth-order valence-electron chi connectivity index (χ4n) is 2.33. The minimum atomic E-state index is 0.156. The van der Waals surface area contributed by atoms with Crippen LogP contribution in [-0.2, 0) is 4.74 Å². The summed E-state index contributed by atoms with van der Waals surface area (Å²) >= 11 is 0. The second-order valence-electron chi connectivity index (χ2n) is 4.66. The summed E-state index contributed by atoms with van der Waals surface area (Å²) in [6.07, 6.45) is 0.341. The Morgan fingerprint density at radius 3 is 2.22 bits per heavy atom. The average molecular weight is 239 g/mol. The first kappa shape index (κ1) is 11.5. The van der Waals surface area contributed by atoms with E-state index in [1.807, 2.05) is 13.0 Å². The molecule has 1 saturated heterocycles. The van der Waals surface area contributed by atoms with Crippen LogP contribution in [0, 0.1) is 0 Å². The van der Waals surface area contributed by atoms with Crippen LogP contribution >= 0.6 is 0 Å². The maximum Gasteiger partial charge on any atom is 0.106 e. The van der Waals surface area contributed by atoms with Crippen LogP contribution in [0.25, 0.3) is 11.1 Å². The average Bonchev–Trinajstić information content (AvgIpc) is 2.87. The van der Waals surface area contributed by atoms with Crippen LogP contribution in [0.4, 0.5) is 0 Å². The summed E-state index contributed by atoms with van der Waals surface area (Å²) in [5.41, 5.74) is 3.74. The van der Waals surface area contributed by atoms with E-state index in [4.69, 9.17) is 4.74 Å². The van der Waals surface area contributed by atoms with Crippen LogP contribution in [0.5, 0.6) is 0 Å². The molecular weight excluding hydrogens is 222 g/mol. The maximum atomic E-state index is 5.78. The van der Waals surface area contributed by atoms with Crippen molar-refractivity contribution in [1.29, 1.82) is 0 Å². The van der Waals surface area contributed by atoms with Gasteiger partial charge in [0.15, 0.2) is 0 Å². The Balaban J connectivity index is 1.81. The topological polar surface area (TPSA) is 21.3 Å². The van der Waals surface area contributed by atoms with Crippen molar-refractivity contribution in [3.8, 4) is 11.1 Å². The van der Waals surface area contributed by atoms with E-state index in [0.717, 1.165) is 6.54 Å². The van der Waals surface area contributed by atoms with Crippen molar-refractivity contribution in [2.45, 2.75) is 19.3 Å². The molecule has 2 aromatic carbocycles. The summed E-state index contributed by atoms with van der Waals surface area (Å²) in [6, 6.07) is 19.1. The number of benzene rings is 2. The third-order valence-electron chi connectivity index (χ3n) is 3.35. The standard InChI is InChI=1S/C16H17NO/c1-12-17-11-16(18-12)15-9-7-14(8-10-15)13-5-3-2-4-6-13/h2-10,12,16-17H,11H2,1H3. The Morgan fingerprint density at radius 1 is 0.944 bits per heavy atom. The predicted octanol–water partition coefficient (Wildman–Crippen LogP) is 3.36. The molecule has 3 rings (SSSR count). The van der Waals surface area contributed by atoms with Crippen LogP contribution in [0.1, 0.15) is 18.6 Å². The second kappa shape index (κ2) is 4.92. The number of hydrogen-bond acceptors (Lipinski definition) is 2. The largest absolute Gasteiger partial charge is 0.354 e. The van der Waals surface area contributed by atoms with E-state index in [1.165, 1.54) is 16.7 Å². The minimum absolute atomic E-state index is 0.156. The molecule has 2 atom stereocenters. The zero-order valence-corrected chi connectivity index (χ0v) is 10.5. The van der Waals surface area contributed by atoms with Gasteiger partial charge in [0.05, 0.1) is 6.10 Å². The highest BCUT2D eigenvalue weighted by Crippen LogP contribution is 2.25. The quantitative estimate of drug-likeness (QED) is 0.867. The van der Waals surface area contributed by atoms with Gasteiger partial charge in [0.1, 0.15) is 6.23 Å².